The number of nitrogens with two attached hydrogens (primary N) is 1. The van der Waals surface area contributed by atoms with Crippen LogP contribution in [0.15, 0.2) is 42.7 Å². The number of hydrogen-bond acceptors (Lipinski definition) is 5. The molecule has 2 aromatic heterocycles. The van der Waals surface area contributed by atoms with Gasteiger partial charge in [-0.2, -0.15) is 0 Å². The van der Waals surface area contributed by atoms with Crippen LogP contribution in [0.4, 0.5) is 5.95 Å². The van der Waals surface area contributed by atoms with Crippen molar-refractivity contribution < 1.29 is 4.79 Å². The second kappa shape index (κ2) is 8.94. The number of nitrogens with one attached hydrogen (secondary N) is 1. The number of aryl methyl sites for hydroxylation is 2. The second-order valence-corrected chi connectivity index (χ2v) is 6.46. The molecular weight excluding hydrogens is 328 g/mol. The Bertz CT molecular complexity index is 823. The molecule has 7 nitrogen and oxygen atoms in total. The first-order valence-corrected chi connectivity index (χ1v) is 8.93. The zero-order chi connectivity index (χ0) is 18.2. The quantitative estimate of drug-likeness (QED) is 0.545. The van der Waals surface area contributed by atoms with E-state index >= 15 is 0 Å². The largest absolute Gasteiger partial charge is 0.369 e. The molecule has 0 bridgehead atoms. The number of Topliss-reactive ketones (excluding diaryl/α,β-unsaturated/α-hetero) is 1. The zero-order valence-electron chi connectivity index (χ0n) is 14.8. The van der Waals surface area contributed by atoms with Gasteiger partial charge in [0.25, 0.3) is 0 Å². The SMILES string of the molecule is Nc1ncc(CCCCCc2cn(CC(=O)Cc3ccccc3)nn2)[nH]1. The maximum Gasteiger partial charge on any atom is 0.197 e. The van der Waals surface area contributed by atoms with Crippen LogP contribution in [0.3, 0.4) is 0 Å². The van der Waals surface area contributed by atoms with Crippen molar-refractivity contribution in [3.63, 3.8) is 0 Å². The lowest BCUT2D eigenvalue weighted by molar-refractivity contribution is -0.119. The van der Waals surface area contributed by atoms with Crippen molar-refractivity contribution in [3.8, 4) is 0 Å². The number of nitrogen functional groups attached to an aromatic ring is 1. The first-order valence-electron chi connectivity index (χ1n) is 8.93. The molecule has 26 heavy (non-hydrogen) atoms. The average molecular weight is 352 g/mol. The van der Waals surface area contributed by atoms with Gasteiger partial charge in [0.05, 0.1) is 11.9 Å². The predicted octanol–water partition coefficient (Wildman–Crippen LogP) is 2.35. The molecule has 0 fully saturated rings. The van der Waals surface area contributed by atoms with Crippen LogP contribution in [0.1, 0.15) is 36.2 Å². The Hall–Kier alpha value is -2.96. The van der Waals surface area contributed by atoms with Crippen LogP contribution in [0.2, 0.25) is 0 Å². The van der Waals surface area contributed by atoms with Crippen molar-refractivity contribution in [2.24, 2.45) is 0 Å². The summed E-state index contributed by atoms with van der Waals surface area (Å²) in [5.74, 6) is 0.602. The maximum atomic E-state index is 12.1. The van der Waals surface area contributed by atoms with E-state index in [1.165, 1.54) is 0 Å². The lowest BCUT2D eigenvalue weighted by Gasteiger charge is -2.01. The summed E-state index contributed by atoms with van der Waals surface area (Å²) in [5.41, 5.74) is 8.59. The molecule has 0 amide bonds. The molecule has 0 unspecified atom stereocenters. The van der Waals surface area contributed by atoms with Gasteiger partial charge in [-0.15, -0.1) is 5.10 Å². The second-order valence-electron chi connectivity index (χ2n) is 6.46. The summed E-state index contributed by atoms with van der Waals surface area (Å²) < 4.78 is 1.63. The Morgan fingerprint density at radius 1 is 1.12 bits per heavy atom. The fourth-order valence-corrected chi connectivity index (χ4v) is 2.89. The van der Waals surface area contributed by atoms with Gasteiger partial charge in [-0.25, -0.2) is 9.67 Å². The predicted molar refractivity (Wildman–Crippen MR) is 99.4 cm³/mol. The van der Waals surface area contributed by atoms with E-state index in [9.17, 15) is 4.79 Å². The fourth-order valence-electron chi connectivity index (χ4n) is 2.89. The Labute approximate surface area is 152 Å². The number of nitrogens with zero attached hydrogens (tertiary/aromatic N) is 4. The minimum absolute atomic E-state index is 0.131. The van der Waals surface area contributed by atoms with Crippen LogP contribution in [0.5, 0.6) is 0 Å². The number of aromatic nitrogens is 5. The number of aromatic amines is 1. The molecule has 0 atom stereocenters. The number of anilines is 1. The lowest BCUT2D eigenvalue weighted by Crippen LogP contribution is -2.13. The van der Waals surface area contributed by atoms with Crippen molar-refractivity contribution in [2.45, 2.75) is 45.1 Å². The number of carbonyl (C=O) groups excluding carboxylic acids is 1. The van der Waals surface area contributed by atoms with E-state index in [0.29, 0.717) is 12.4 Å². The topological polar surface area (TPSA) is 102 Å². The van der Waals surface area contributed by atoms with Crippen molar-refractivity contribution >= 4 is 11.7 Å². The van der Waals surface area contributed by atoms with Gasteiger partial charge in [0.15, 0.2) is 11.7 Å². The van der Waals surface area contributed by atoms with Gasteiger partial charge in [0.1, 0.15) is 6.54 Å². The number of H-pyrrole nitrogens is 1. The Kier molecular flexibility index (Phi) is 6.14. The Balaban J connectivity index is 1.35. The molecule has 0 radical (unpaired) electrons. The third-order valence-electron chi connectivity index (χ3n) is 4.20. The van der Waals surface area contributed by atoms with Crippen molar-refractivity contribution in [3.05, 3.63) is 59.7 Å². The first kappa shape index (κ1) is 17.8. The molecule has 136 valence electrons. The highest BCUT2D eigenvalue weighted by atomic mass is 16.1. The number of ketones is 1. The van der Waals surface area contributed by atoms with Crippen LogP contribution in [-0.2, 0) is 30.6 Å². The van der Waals surface area contributed by atoms with E-state index < -0.39 is 0 Å². The number of imidazole rings is 1. The van der Waals surface area contributed by atoms with Gasteiger partial charge in [-0.1, -0.05) is 42.0 Å². The summed E-state index contributed by atoms with van der Waals surface area (Å²) in [4.78, 5) is 19.1. The fraction of sp³-hybridized carbons (Fsp3) is 0.368. The van der Waals surface area contributed by atoms with Gasteiger partial charge < -0.3 is 10.7 Å². The van der Waals surface area contributed by atoms with Crippen molar-refractivity contribution in [1.82, 2.24) is 25.0 Å². The van der Waals surface area contributed by atoms with Crippen LogP contribution >= 0.6 is 0 Å². The highest BCUT2D eigenvalue weighted by Gasteiger charge is 2.07. The third kappa shape index (κ3) is 5.54. The van der Waals surface area contributed by atoms with E-state index in [1.54, 1.807) is 10.9 Å². The van der Waals surface area contributed by atoms with E-state index in [0.717, 1.165) is 49.1 Å². The van der Waals surface area contributed by atoms with E-state index in [2.05, 4.69) is 20.3 Å². The van der Waals surface area contributed by atoms with Crippen molar-refractivity contribution in [1.29, 1.82) is 0 Å². The summed E-state index contributed by atoms with van der Waals surface area (Å²) in [5, 5.41) is 8.23. The van der Waals surface area contributed by atoms with Gasteiger partial charge in [-0.3, -0.25) is 4.79 Å². The molecular formula is C19H24N6O. The molecule has 2 heterocycles. The minimum atomic E-state index is 0.131. The summed E-state index contributed by atoms with van der Waals surface area (Å²) in [7, 11) is 0. The highest BCUT2D eigenvalue weighted by Crippen LogP contribution is 2.08. The van der Waals surface area contributed by atoms with Gasteiger partial charge in [0.2, 0.25) is 0 Å². The molecule has 0 aliphatic heterocycles. The zero-order valence-corrected chi connectivity index (χ0v) is 14.8. The molecule has 0 aliphatic carbocycles. The normalized spacial score (nSPS) is 10.9. The first-order chi connectivity index (χ1) is 12.7. The van der Waals surface area contributed by atoms with Gasteiger partial charge in [0, 0.05) is 18.3 Å². The highest BCUT2D eigenvalue weighted by molar-refractivity contribution is 5.80. The Morgan fingerprint density at radius 3 is 2.69 bits per heavy atom. The molecule has 0 saturated heterocycles. The molecule has 0 spiro atoms. The number of rotatable bonds is 10. The lowest BCUT2D eigenvalue weighted by atomic mass is 10.1. The van der Waals surface area contributed by atoms with E-state index in [1.807, 2.05) is 36.5 Å². The standard InChI is InChI=1S/C19H24N6O/c20-19-21-12-16(22-19)9-5-2-6-10-17-13-25(24-23-17)14-18(26)11-15-7-3-1-4-8-15/h1,3-4,7-8,12-13H,2,5-6,9-11,14H2,(H3,20,21,22). The molecule has 3 N–H and O–H groups in total. The van der Waals surface area contributed by atoms with E-state index in [4.69, 9.17) is 5.73 Å². The van der Waals surface area contributed by atoms with Crippen molar-refractivity contribution in [2.75, 3.05) is 5.73 Å². The summed E-state index contributed by atoms with van der Waals surface area (Å²) in [6, 6.07) is 9.75. The molecule has 0 saturated carbocycles. The molecule has 3 rings (SSSR count). The number of unbranched alkanes of at least 4 members (excludes halogenated alkanes) is 2. The smallest absolute Gasteiger partial charge is 0.197 e. The Morgan fingerprint density at radius 2 is 1.92 bits per heavy atom. The number of benzene rings is 1. The average Bonchev–Trinajstić information content (AvgIpc) is 3.24. The minimum Gasteiger partial charge on any atom is -0.369 e. The van der Waals surface area contributed by atoms with Crippen LogP contribution in [0.25, 0.3) is 0 Å². The molecule has 3 aromatic rings. The van der Waals surface area contributed by atoms with Gasteiger partial charge >= 0.3 is 0 Å². The number of hydrogen-bond donors (Lipinski definition) is 2. The summed E-state index contributed by atoms with van der Waals surface area (Å²) in [6.07, 6.45) is 9.12. The van der Waals surface area contributed by atoms with Crippen LogP contribution in [-0.4, -0.2) is 30.7 Å². The maximum absolute atomic E-state index is 12.1. The third-order valence-corrected chi connectivity index (χ3v) is 4.20. The summed E-state index contributed by atoms with van der Waals surface area (Å²) >= 11 is 0. The number of carbonyl (C=O) groups is 1. The van der Waals surface area contributed by atoms with E-state index in [-0.39, 0.29) is 12.3 Å². The molecule has 0 aliphatic rings. The van der Waals surface area contributed by atoms with Crippen LogP contribution in [0, 0.1) is 0 Å². The summed E-state index contributed by atoms with van der Waals surface area (Å²) in [6.45, 7) is 0.267. The van der Waals surface area contributed by atoms with Crippen LogP contribution < -0.4 is 5.73 Å². The van der Waals surface area contributed by atoms with Gasteiger partial charge in [-0.05, 0) is 31.2 Å². The molecule has 7 heteroatoms. The monoisotopic (exact) mass is 352 g/mol. The molecule has 1 aromatic carbocycles.